The minimum absolute atomic E-state index is 0.222. The van der Waals surface area contributed by atoms with Crippen molar-refractivity contribution in [2.24, 2.45) is 0 Å². The summed E-state index contributed by atoms with van der Waals surface area (Å²) in [6.45, 7) is 5.58. The largest absolute Gasteiger partial charge is 0.367 e. The van der Waals surface area contributed by atoms with Crippen LogP contribution in [0.15, 0.2) is 54.6 Å². The molecule has 0 unspecified atom stereocenters. The predicted octanol–water partition coefficient (Wildman–Crippen LogP) is 4.45. The number of nitrogens with zero attached hydrogens (tertiary/aromatic N) is 2. The number of nitrogens with one attached hydrogen (secondary N) is 2. The molecule has 32 heavy (non-hydrogen) atoms. The predicted molar refractivity (Wildman–Crippen MR) is 128 cm³/mol. The number of aryl methyl sites for hydroxylation is 1. The van der Waals surface area contributed by atoms with E-state index < -0.39 is 11.7 Å². The number of likely N-dealkylation sites (N-methyl/N-ethyl adjacent to an activating group) is 1. The number of halogens is 1. The number of anilines is 3. The van der Waals surface area contributed by atoms with E-state index >= 15 is 0 Å². The topological polar surface area (TPSA) is 64.7 Å². The van der Waals surface area contributed by atoms with Crippen LogP contribution in [0, 0.1) is 12.7 Å². The second-order valence-electron chi connectivity index (χ2n) is 7.85. The lowest BCUT2D eigenvalue weighted by Gasteiger charge is -2.35. The third kappa shape index (κ3) is 4.98. The fourth-order valence-corrected chi connectivity index (χ4v) is 4.63. The highest BCUT2D eigenvalue weighted by Gasteiger charge is 2.20. The van der Waals surface area contributed by atoms with Crippen molar-refractivity contribution in [3.63, 3.8) is 0 Å². The molecule has 1 aliphatic rings. The van der Waals surface area contributed by atoms with E-state index in [2.05, 4.69) is 27.5 Å². The van der Waals surface area contributed by atoms with Gasteiger partial charge < -0.3 is 20.4 Å². The number of carbonyl (C=O) groups is 2. The zero-order valence-electron chi connectivity index (χ0n) is 18.0. The second kappa shape index (κ2) is 9.50. The van der Waals surface area contributed by atoms with Gasteiger partial charge in [0.15, 0.2) is 0 Å². The Morgan fingerprint density at radius 3 is 2.44 bits per heavy atom. The van der Waals surface area contributed by atoms with Crippen molar-refractivity contribution in [3.8, 4) is 0 Å². The Morgan fingerprint density at radius 2 is 1.69 bits per heavy atom. The zero-order chi connectivity index (χ0) is 22.7. The van der Waals surface area contributed by atoms with E-state index in [9.17, 15) is 14.0 Å². The monoisotopic (exact) mass is 452 g/mol. The van der Waals surface area contributed by atoms with Gasteiger partial charge in [0.1, 0.15) is 5.82 Å². The summed E-state index contributed by atoms with van der Waals surface area (Å²) in [5, 5.41) is 6.32. The Bertz CT molecular complexity index is 1140. The third-order valence-corrected chi connectivity index (χ3v) is 6.60. The third-order valence-electron chi connectivity index (χ3n) is 5.44. The molecular formula is C24H25FN4O2S. The molecule has 0 bridgehead atoms. The molecule has 1 fully saturated rings. The Kier molecular flexibility index (Phi) is 6.53. The molecule has 1 aliphatic heterocycles. The molecule has 1 saturated heterocycles. The summed E-state index contributed by atoms with van der Waals surface area (Å²) < 4.78 is 13.4. The van der Waals surface area contributed by atoms with Crippen LogP contribution in [0.25, 0.3) is 0 Å². The highest BCUT2D eigenvalue weighted by atomic mass is 32.1. The first kappa shape index (κ1) is 22.0. The Balaban J connectivity index is 1.48. The van der Waals surface area contributed by atoms with Crippen LogP contribution in [0.3, 0.4) is 0 Å². The van der Waals surface area contributed by atoms with Crippen LogP contribution in [0.4, 0.5) is 20.8 Å². The van der Waals surface area contributed by atoms with Gasteiger partial charge in [0.25, 0.3) is 11.8 Å². The van der Waals surface area contributed by atoms with Gasteiger partial charge in [-0.05, 0) is 55.9 Å². The molecule has 0 radical (unpaired) electrons. The molecule has 0 aliphatic carbocycles. The van der Waals surface area contributed by atoms with Crippen molar-refractivity contribution in [1.29, 1.82) is 0 Å². The van der Waals surface area contributed by atoms with E-state index in [4.69, 9.17) is 0 Å². The van der Waals surface area contributed by atoms with Gasteiger partial charge in [-0.25, -0.2) is 4.39 Å². The lowest BCUT2D eigenvalue weighted by molar-refractivity contribution is 0.102. The van der Waals surface area contributed by atoms with Crippen molar-refractivity contribution < 1.29 is 14.0 Å². The van der Waals surface area contributed by atoms with Crippen LogP contribution in [0.2, 0.25) is 0 Å². The Morgan fingerprint density at radius 1 is 0.938 bits per heavy atom. The molecule has 1 aromatic heterocycles. The molecule has 8 heteroatoms. The van der Waals surface area contributed by atoms with E-state index in [-0.39, 0.29) is 11.5 Å². The first-order chi connectivity index (χ1) is 15.4. The zero-order valence-corrected chi connectivity index (χ0v) is 18.8. The number of thiophene rings is 1. The molecule has 2 amide bonds. The van der Waals surface area contributed by atoms with Gasteiger partial charge >= 0.3 is 0 Å². The molecule has 2 N–H and O–H groups in total. The molecule has 3 aromatic rings. The average Bonchev–Trinajstić information content (AvgIpc) is 3.15. The number of benzene rings is 2. The summed E-state index contributed by atoms with van der Waals surface area (Å²) in [5.74, 6) is -1.11. The molecule has 2 aromatic carbocycles. The van der Waals surface area contributed by atoms with Gasteiger partial charge in [-0.1, -0.05) is 18.2 Å². The van der Waals surface area contributed by atoms with Crippen LogP contribution in [-0.2, 0) is 0 Å². The van der Waals surface area contributed by atoms with E-state index in [1.165, 1.54) is 29.5 Å². The molecule has 2 heterocycles. The summed E-state index contributed by atoms with van der Waals surface area (Å²) >= 11 is 1.20. The van der Waals surface area contributed by atoms with E-state index in [0.717, 1.165) is 43.1 Å². The number of para-hydroxylation sites is 2. The van der Waals surface area contributed by atoms with Gasteiger partial charge in [-0.2, -0.15) is 0 Å². The van der Waals surface area contributed by atoms with Gasteiger partial charge in [0, 0.05) is 31.7 Å². The summed E-state index contributed by atoms with van der Waals surface area (Å²) in [5.41, 5.74) is 2.75. The summed E-state index contributed by atoms with van der Waals surface area (Å²) in [6, 6.07) is 15.0. The number of carbonyl (C=O) groups excluding carboxylic acids is 2. The maximum Gasteiger partial charge on any atom is 0.266 e. The maximum atomic E-state index is 13.4. The van der Waals surface area contributed by atoms with E-state index in [0.29, 0.717) is 9.88 Å². The van der Waals surface area contributed by atoms with Gasteiger partial charge in [-0.3, -0.25) is 9.59 Å². The summed E-state index contributed by atoms with van der Waals surface area (Å²) in [7, 11) is 2.11. The normalized spacial score (nSPS) is 14.3. The number of amides is 2. The van der Waals surface area contributed by atoms with E-state index in [1.807, 2.05) is 31.2 Å². The van der Waals surface area contributed by atoms with Crippen LogP contribution in [0.5, 0.6) is 0 Å². The number of hydrogen-bond acceptors (Lipinski definition) is 5. The highest BCUT2D eigenvalue weighted by molar-refractivity contribution is 7.18. The van der Waals surface area contributed by atoms with Crippen molar-refractivity contribution >= 4 is 39.5 Å². The fraction of sp³-hybridized carbons (Fsp3) is 0.250. The summed E-state index contributed by atoms with van der Waals surface area (Å²) in [4.78, 5) is 30.5. The fourth-order valence-electron chi connectivity index (χ4n) is 3.66. The molecule has 4 rings (SSSR count). The lowest BCUT2D eigenvalue weighted by Crippen LogP contribution is -2.44. The molecule has 6 nitrogen and oxygen atoms in total. The Hall–Kier alpha value is -3.23. The summed E-state index contributed by atoms with van der Waals surface area (Å²) in [6.07, 6.45) is 0. The minimum Gasteiger partial charge on any atom is -0.367 e. The van der Waals surface area contributed by atoms with Gasteiger partial charge in [0.2, 0.25) is 0 Å². The van der Waals surface area contributed by atoms with Crippen LogP contribution < -0.4 is 15.5 Å². The smallest absolute Gasteiger partial charge is 0.266 e. The number of hydrogen-bond donors (Lipinski definition) is 2. The lowest BCUT2D eigenvalue weighted by atomic mass is 10.2. The SMILES string of the molecule is Cc1cc(NC(=O)c2cccc(F)c2)sc1C(=O)Nc1ccccc1N1CCN(C)CC1. The van der Waals surface area contributed by atoms with Crippen molar-refractivity contribution in [2.75, 3.05) is 48.8 Å². The first-order valence-electron chi connectivity index (χ1n) is 10.4. The average molecular weight is 453 g/mol. The van der Waals surface area contributed by atoms with Gasteiger partial charge in [-0.15, -0.1) is 11.3 Å². The van der Waals surface area contributed by atoms with Crippen LogP contribution >= 0.6 is 11.3 Å². The first-order valence-corrected chi connectivity index (χ1v) is 11.2. The molecule has 0 saturated carbocycles. The van der Waals surface area contributed by atoms with Crippen molar-refractivity contribution in [2.45, 2.75) is 6.92 Å². The van der Waals surface area contributed by atoms with Crippen LogP contribution in [0.1, 0.15) is 25.6 Å². The molecule has 166 valence electrons. The maximum absolute atomic E-state index is 13.4. The second-order valence-corrected chi connectivity index (χ2v) is 8.90. The molecule has 0 atom stereocenters. The Labute approximate surface area is 190 Å². The minimum atomic E-state index is -0.473. The quantitative estimate of drug-likeness (QED) is 0.600. The van der Waals surface area contributed by atoms with Crippen molar-refractivity contribution in [1.82, 2.24) is 4.90 Å². The van der Waals surface area contributed by atoms with Crippen LogP contribution in [-0.4, -0.2) is 49.9 Å². The number of rotatable bonds is 5. The van der Waals surface area contributed by atoms with Gasteiger partial charge in [0.05, 0.1) is 21.3 Å². The van der Waals surface area contributed by atoms with E-state index in [1.54, 1.807) is 12.1 Å². The highest BCUT2D eigenvalue weighted by Crippen LogP contribution is 2.31. The van der Waals surface area contributed by atoms with Crippen molar-refractivity contribution in [3.05, 3.63) is 76.4 Å². The number of piperazine rings is 1. The standard InChI is InChI=1S/C24H25FN4O2S/c1-16-14-21(27-23(30)17-6-5-7-18(25)15-17)32-22(16)24(31)26-19-8-3-4-9-20(19)29-12-10-28(2)11-13-29/h3-9,14-15H,10-13H2,1-2H3,(H,26,31)(H,27,30). The molecule has 0 spiro atoms. The molecular weight excluding hydrogens is 427 g/mol.